The topological polar surface area (TPSA) is 62.1 Å². The van der Waals surface area contributed by atoms with Gasteiger partial charge in [0.05, 0.1) is 22.3 Å². The minimum absolute atomic E-state index is 0.0727. The summed E-state index contributed by atoms with van der Waals surface area (Å²) in [6.07, 6.45) is 0. The van der Waals surface area contributed by atoms with Gasteiger partial charge in [-0.2, -0.15) is 0 Å². The van der Waals surface area contributed by atoms with Crippen molar-refractivity contribution in [3.8, 4) is 11.3 Å². The minimum atomic E-state index is -0.250. The van der Waals surface area contributed by atoms with Gasteiger partial charge in [0.1, 0.15) is 16.8 Å². The van der Waals surface area contributed by atoms with Crippen LogP contribution in [-0.4, -0.2) is 19.5 Å². The Labute approximate surface area is 184 Å². The Hall–Kier alpha value is -2.93. The highest BCUT2D eigenvalue weighted by atomic mass is 32.2. The normalized spacial score (nSPS) is 16.0. The van der Waals surface area contributed by atoms with E-state index in [1.165, 1.54) is 4.57 Å². The highest BCUT2D eigenvalue weighted by Crippen LogP contribution is 2.46. The van der Waals surface area contributed by atoms with Crippen LogP contribution in [0.5, 0.6) is 0 Å². The standard InChI is InChI=1S/C24H25N3O3S/c1-4-25-20-18(23(28)26(5-2)24(25)29)19(16-9-7-6-8-10-16)27-13-14-31-22(21(20)27)17-12-11-15(3)30-17/h6-12,22H,4-5,13-14H2,1-3H3. The Morgan fingerprint density at radius 2 is 1.77 bits per heavy atom. The summed E-state index contributed by atoms with van der Waals surface area (Å²) in [6.45, 7) is 7.36. The predicted octanol–water partition coefficient (Wildman–Crippen LogP) is 4.41. The summed E-state index contributed by atoms with van der Waals surface area (Å²) in [5.74, 6) is 2.61. The highest BCUT2D eigenvalue weighted by Gasteiger charge is 2.34. The Morgan fingerprint density at radius 1 is 1.03 bits per heavy atom. The summed E-state index contributed by atoms with van der Waals surface area (Å²) in [5, 5.41) is 0.553. The van der Waals surface area contributed by atoms with E-state index in [1.54, 1.807) is 16.3 Å². The Bertz CT molecular complexity index is 1390. The number of rotatable bonds is 4. The zero-order valence-electron chi connectivity index (χ0n) is 17.9. The molecule has 6 nitrogen and oxygen atoms in total. The molecule has 0 saturated heterocycles. The molecule has 0 aliphatic carbocycles. The average Bonchev–Trinajstić information content (AvgIpc) is 3.37. The second-order valence-corrected chi connectivity index (χ2v) is 8.96. The third-order valence-corrected chi connectivity index (χ3v) is 7.22. The van der Waals surface area contributed by atoms with Crippen molar-refractivity contribution in [3.05, 3.63) is 80.5 Å². The lowest BCUT2D eigenvalue weighted by molar-refractivity contribution is 0.483. The molecular formula is C24H25N3O3S. The van der Waals surface area contributed by atoms with E-state index in [9.17, 15) is 9.59 Å². The smallest absolute Gasteiger partial charge is 0.331 e. The van der Waals surface area contributed by atoms with Gasteiger partial charge < -0.3 is 8.98 Å². The number of fused-ring (bicyclic) bond motifs is 3. The molecule has 4 aromatic rings. The van der Waals surface area contributed by atoms with Gasteiger partial charge >= 0.3 is 5.69 Å². The lowest BCUT2D eigenvalue weighted by Crippen LogP contribution is -2.39. The van der Waals surface area contributed by atoms with E-state index in [4.69, 9.17) is 4.42 Å². The fourth-order valence-corrected chi connectivity index (χ4v) is 5.89. The average molecular weight is 436 g/mol. The second kappa shape index (κ2) is 7.64. The van der Waals surface area contributed by atoms with Crippen molar-refractivity contribution >= 4 is 22.7 Å². The molecule has 5 rings (SSSR count). The number of aryl methyl sites for hydroxylation is 2. The molecule has 0 bridgehead atoms. The number of thioether (sulfide) groups is 1. The third kappa shape index (κ3) is 2.94. The SMILES string of the molecule is CCn1c(=O)c2c(-c3ccccc3)n3c(c2n(CC)c1=O)C(c1ccc(C)o1)SCC3. The van der Waals surface area contributed by atoms with E-state index in [2.05, 4.69) is 4.57 Å². The van der Waals surface area contributed by atoms with Crippen LogP contribution in [0.4, 0.5) is 0 Å². The van der Waals surface area contributed by atoms with Gasteiger partial charge in [0.25, 0.3) is 5.56 Å². The number of aromatic nitrogens is 3. The molecule has 0 amide bonds. The van der Waals surface area contributed by atoms with Crippen LogP contribution in [0.25, 0.3) is 22.2 Å². The summed E-state index contributed by atoms with van der Waals surface area (Å²) >= 11 is 1.80. The van der Waals surface area contributed by atoms with Crippen molar-refractivity contribution in [1.29, 1.82) is 0 Å². The van der Waals surface area contributed by atoms with Crippen molar-refractivity contribution in [2.75, 3.05) is 5.75 Å². The zero-order chi connectivity index (χ0) is 21.7. The van der Waals surface area contributed by atoms with E-state index in [-0.39, 0.29) is 16.5 Å². The first-order valence-electron chi connectivity index (χ1n) is 10.7. The van der Waals surface area contributed by atoms with E-state index in [1.807, 2.05) is 63.2 Å². The summed E-state index contributed by atoms with van der Waals surface area (Å²) < 4.78 is 11.4. The lowest BCUT2D eigenvalue weighted by atomic mass is 10.1. The van der Waals surface area contributed by atoms with Crippen LogP contribution >= 0.6 is 11.8 Å². The third-order valence-electron chi connectivity index (χ3n) is 6.01. The number of nitrogens with zero attached hydrogens (tertiary/aromatic N) is 3. The predicted molar refractivity (Wildman–Crippen MR) is 125 cm³/mol. The molecule has 0 N–H and O–H groups in total. The molecule has 1 aromatic carbocycles. The van der Waals surface area contributed by atoms with Gasteiger partial charge in [0.15, 0.2) is 0 Å². The number of furan rings is 1. The molecule has 1 aliphatic rings. The van der Waals surface area contributed by atoms with Crippen molar-refractivity contribution in [3.63, 3.8) is 0 Å². The number of benzene rings is 1. The molecule has 4 heterocycles. The largest absolute Gasteiger partial charge is 0.465 e. The zero-order valence-corrected chi connectivity index (χ0v) is 18.7. The second-order valence-electron chi connectivity index (χ2n) is 7.75. The van der Waals surface area contributed by atoms with Gasteiger partial charge in [-0.15, -0.1) is 11.8 Å². The molecule has 1 unspecified atom stereocenters. The van der Waals surface area contributed by atoms with Crippen LogP contribution in [0, 0.1) is 6.92 Å². The molecule has 0 fully saturated rings. The van der Waals surface area contributed by atoms with Crippen LogP contribution in [0.15, 0.2) is 56.5 Å². The highest BCUT2D eigenvalue weighted by molar-refractivity contribution is 7.99. The van der Waals surface area contributed by atoms with Gasteiger partial charge in [-0.05, 0) is 38.5 Å². The first-order valence-corrected chi connectivity index (χ1v) is 11.7. The number of hydrogen-bond acceptors (Lipinski definition) is 4. The van der Waals surface area contributed by atoms with Gasteiger partial charge in [0, 0.05) is 25.4 Å². The molecule has 7 heteroatoms. The molecule has 31 heavy (non-hydrogen) atoms. The minimum Gasteiger partial charge on any atom is -0.465 e. The van der Waals surface area contributed by atoms with Gasteiger partial charge in [-0.3, -0.25) is 13.9 Å². The van der Waals surface area contributed by atoms with E-state index in [0.29, 0.717) is 18.5 Å². The molecule has 160 valence electrons. The summed E-state index contributed by atoms with van der Waals surface area (Å²) in [4.78, 5) is 26.8. The Morgan fingerprint density at radius 3 is 2.42 bits per heavy atom. The monoisotopic (exact) mass is 435 g/mol. The molecule has 0 saturated carbocycles. The number of hydrogen-bond donors (Lipinski definition) is 0. The van der Waals surface area contributed by atoms with Crippen LogP contribution in [0.1, 0.15) is 36.3 Å². The summed E-state index contributed by atoms with van der Waals surface area (Å²) in [7, 11) is 0. The van der Waals surface area contributed by atoms with Crippen LogP contribution in [0.3, 0.4) is 0 Å². The summed E-state index contributed by atoms with van der Waals surface area (Å²) in [6, 6.07) is 14.0. The first kappa shape index (κ1) is 20.0. The van der Waals surface area contributed by atoms with Crippen molar-refractivity contribution in [2.24, 2.45) is 0 Å². The Kier molecular flexibility index (Phi) is 4.93. The maximum absolute atomic E-state index is 13.6. The fourth-order valence-electron chi connectivity index (χ4n) is 4.68. The van der Waals surface area contributed by atoms with Crippen molar-refractivity contribution in [2.45, 2.75) is 45.7 Å². The maximum atomic E-state index is 13.6. The Balaban J connectivity index is 1.99. The van der Waals surface area contributed by atoms with Gasteiger partial charge in [-0.25, -0.2) is 4.79 Å². The fraction of sp³-hybridized carbons (Fsp3) is 0.333. The quantitative estimate of drug-likeness (QED) is 0.476. The maximum Gasteiger partial charge on any atom is 0.331 e. The van der Waals surface area contributed by atoms with Crippen molar-refractivity contribution in [1.82, 2.24) is 13.7 Å². The lowest BCUT2D eigenvalue weighted by Gasteiger charge is -2.25. The van der Waals surface area contributed by atoms with Crippen molar-refractivity contribution < 1.29 is 4.42 Å². The first-order chi connectivity index (χ1) is 15.1. The van der Waals surface area contributed by atoms with Gasteiger partial charge in [0.2, 0.25) is 0 Å². The van der Waals surface area contributed by atoms with E-state index in [0.717, 1.165) is 46.3 Å². The molecule has 3 aromatic heterocycles. The van der Waals surface area contributed by atoms with E-state index < -0.39 is 0 Å². The molecule has 1 atom stereocenters. The van der Waals surface area contributed by atoms with Crippen LogP contribution in [0.2, 0.25) is 0 Å². The molecular weight excluding hydrogens is 410 g/mol. The molecule has 0 spiro atoms. The van der Waals surface area contributed by atoms with Gasteiger partial charge in [-0.1, -0.05) is 30.3 Å². The summed E-state index contributed by atoms with van der Waals surface area (Å²) in [5.41, 5.74) is 3.15. The van der Waals surface area contributed by atoms with Crippen LogP contribution in [-0.2, 0) is 19.6 Å². The molecule has 0 radical (unpaired) electrons. The van der Waals surface area contributed by atoms with Crippen LogP contribution < -0.4 is 11.2 Å². The van der Waals surface area contributed by atoms with E-state index >= 15 is 0 Å². The molecule has 1 aliphatic heterocycles.